The standard InChI is InChI=1S/C10H16N4S2/c1-15-10-13-8(11)6-9(14-10)12-7-2-4-16-5-3-7/h6-7H,2-5H2,1H3,(H3,11,12,13,14). The summed E-state index contributed by atoms with van der Waals surface area (Å²) in [6, 6.07) is 2.34. The molecule has 1 aromatic heterocycles. The van der Waals surface area contributed by atoms with Gasteiger partial charge < -0.3 is 11.1 Å². The van der Waals surface area contributed by atoms with E-state index >= 15 is 0 Å². The van der Waals surface area contributed by atoms with Gasteiger partial charge in [-0.1, -0.05) is 11.8 Å². The zero-order valence-corrected chi connectivity index (χ0v) is 10.9. The fraction of sp³-hybridized carbons (Fsp3) is 0.600. The SMILES string of the molecule is CSc1nc(N)cc(NC2CCSCC2)n1. The Morgan fingerprint density at radius 3 is 2.88 bits per heavy atom. The van der Waals surface area contributed by atoms with Crippen LogP contribution >= 0.6 is 23.5 Å². The highest BCUT2D eigenvalue weighted by Crippen LogP contribution is 2.22. The Hall–Kier alpha value is -0.620. The molecule has 6 heteroatoms. The van der Waals surface area contributed by atoms with E-state index in [4.69, 9.17) is 5.73 Å². The molecule has 0 spiro atoms. The first-order chi connectivity index (χ1) is 7.78. The average molecular weight is 256 g/mol. The van der Waals surface area contributed by atoms with Crippen molar-refractivity contribution in [3.8, 4) is 0 Å². The number of thioether (sulfide) groups is 2. The van der Waals surface area contributed by atoms with Crippen molar-refractivity contribution in [1.29, 1.82) is 0 Å². The second-order valence-corrected chi connectivity index (χ2v) is 5.69. The highest BCUT2D eigenvalue weighted by molar-refractivity contribution is 7.99. The number of rotatable bonds is 3. The molecule has 0 aromatic carbocycles. The fourth-order valence-corrected chi connectivity index (χ4v) is 3.15. The largest absolute Gasteiger partial charge is 0.383 e. The summed E-state index contributed by atoms with van der Waals surface area (Å²) in [4.78, 5) is 8.53. The van der Waals surface area contributed by atoms with Crippen molar-refractivity contribution >= 4 is 35.2 Å². The van der Waals surface area contributed by atoms with Crippen molar-refractivity contribution in [3.63, 3.8) is 0 Å². The number of aromatic nitrogens is 2. The van der Waals surface area contributed by atoms with Gasteiger partial charge in [-0.3, -0.25) is 0 Å². The van der Waals surface area contributed by atoms with Crippen LogP contribution in [0.15, 0.2) is 11.2 Å². The summed E-state index contributed by atoms with van der Waals surface area (Å²) >= 11 is 3.53. The third-order valence-electron chi connectivity index (χ3n) is 2.48. The molecule has 4 nitrogen and oxygen atoms in total. The third-order valence-corrected chi connectivity index (χ3v) is 4.08. The quantitative estimate of drug-likeness (QED) is 0.638. The minimum Gasteiger partial charge on any atom is -0.383 e. The van der Waals surface area contributed by atoms with Crippen LogP contribution in [0.25, 0.3) is 0 Å². The molecule has 0 amide bonds. The molecule has 1 saturated heterocycles. The van der Waals surface area contributed by atoms with E-state index in [1.165, 1.54) is 36.1 Å². The molecule has 1 aliphatic heterocycles. The minimum atomic E-state index is 0.533. The molecule has 3 N–H and O–H groups in total. The molecule has 88 valence electrons. The van der Waals surface area contributed by atoms with Gasteiger partial charge in [-0.2, -0.15) is 11.8 Å². The summed E-state index contributed by atoms with van der Waals surface area (Å²) < 4.78 is 0. The molecule has 0 unspecified atom stereocenters. The summed E-state index contributed by atoms with van der Waals surface area (Å²) in [7, 11) is 0. The molecule has 0 radical (unpaired) electrons. The molecule has 1 fully saturated rings. The van der Waals surface area contributed by atoms with E-state index in [1.54, 1.807) is 0 Å². The lowest BCUT2D eigenvalue weighted by Gasteiger charge is -2.23. The van der Waals surface area contributed by atoms with Crippen molar-refractivity contribution in [2.75, 3.05) is 28.8 Å². The average Bonchev–Trinajstić information content (AvgIpc) is 2.29. The maximum atomic E-state index is 5.73. The molecule has 16 heavy (non-hydrogen) atoms. The monoisotopic (exact) mass is 256 g/mol. The molecule has 0 aliphatic carbocycles. The van der Waals surface area contributed by atoms with E-state index < -0.39 is 0 Å². The van der Waals surface area contributed by atoms with E-state index in [1.807, 2.05) is 24.1 Å². The van der Waals surface area contributed by atoms with Gasteiger partial charge in [0.05, 0.1) is 0 Å². The topological polar surface area (TPSA) is 63.8 Å². The lowest BCUT2D eigenvalue weighted by atomic mass is 10.1. The number of nitrogen functional groups attached to an aromatic ring is 1. The molecular weight excluding hydrogens is 240 g/mol. The number of nitrogens with zero attached hydrogens (tertiary/aromatic N) is 2. The fourth-order valence-electron chi connectivity index (χ4n) is 1.66. The van der Waals surface area contributed by atoms with Crippen LogP contribution in [-0.4, -0.2) is 33.8 Å². The van der Waals surface area contributed by atoms with Crippen LogP contribution in [0.1, 0.15) is 12.8 Å². The molecule has 1 aliphatic rings. The van der Waals surface area contributed by atoms with Crippen molar-refractivity contribution < 1.29 is 0 Å². The number of hydrogen-bond donors (Lipinski definition) is 2. The van der Waals surface area contributed by atoms with Crippen molar-refractivity contribution in [2.24, 2.45) is 0 Å². The summed E-state index contributed by atoms with van der Waals surface area (Å²) in [6.07, 6.45) is 4.35. The van der Waals surface area contributed by atoms with Crippen LogP contribution in [0.3, 0.4) is 0 Å². The predicted molar refractivity (Wildman–Crippen MR) is 72.2 cm³/mol. The Bertz CT molecular complexity index is 353. The first-order valence-electron chi connectivity index (χ1n) is 5.31. The summed E-state index contributed by atoms with van der Waals surface area (Å²) in [6.45, 7) is 0. The van der Waals surface area contributed by atoms with Crippen molar-refractivity contribution in [1.82, 2.24) is 9.97 Å². The number of nitrogens with two attached hydrogens (primary N) is 1. The van der Waals surface area contributed by atoms with Gasteiger partial charge in [0.15, 0.2) is 5.16 Å². The maximum Gasteiger partial charge on any atom is 0.191 e. The smallest absolute Gasteiger partial charge is 0.191 e. The Balaban J connectivity index is 2.04. The van der Waals surface area contributed by atoms with Crippen LogP contribution in [0.4, 0.5) is 11.6 Å². The molecule has 2 rings (SSSR count). The van der Waals surface area contributed by atoms with Gasteiger partial charge in [0.25, 0.3) is 0 Å². The Labute approximate surface area is 104 Å². The molecule has 0 bridgehead atoms. The van der Waals surface area contributed by atoms with Crippen molar-refractivity contribution in [3.05, 3.63) is 6.07 Å². The van der Waals surface area contributed by atoms with E-state index in [-0.39, 0.29) is 0 Å². The lowest BCUT2D eigenvalue weighted by molar-refractivity contribution is 0.662. The van der Waals surface area contributed by atoms with Gasteiger partial charge in [0.2, 0.25) is 0 Å². The van der Waals surface area contributed by atoms with E-state index in [9.17, 15) is 0 Å². The second kappa shape index (κ2) is 5.63. The molecular formula is C10H16N4S2. The van der Waals surface area contributed by atoms with Gasteiger partial charge in [-0.15, -0.1) is 0 Å². The molecule has 0 saturated carbocycles. The Kier molecular flexibility index (Phi) is 4.17. The lowest BCUT2D eigenvalue weighted by Crippen LogP contribution is -2.25. The van der Waals surface area contributed by atoms with Gasteiger partial charge in [-0.25, -0.2) is 9.97 Å². The number of anilines is 2. The minimum absolute atomic E-state index is 0.533. The van der Waals surface area contributed by atoms with Gasteiger partial charge >= 0.3 is 0 Å². The van der Waals surface area contributed by atoms with Crippen LogP contribution in [0.5, 0.6) is 0 Å². The molecule has 1 aromatic rings. The first-order valence-corrected chi connectivity index (χ1v) is 7.68. The summed E-state index contributed by atoms with van der Waals surface area (Å²) in [5.41, 5.74) is 5.73. The van der Waals surface area contributed by atoms with E-state index in [2.05, 4.69) is 15.3 Å². The zero-order chi connectivity index (χ0) is 11.4. The number of nitrogens with one attached hydrogen (secondary N) is 1. The van der Waals surface area contributed by atoms with Crippen LogP contribution < -0.4 is 11.1 Å². The molecule has 2 heterocycles. The maximum absolute atomic E-state index is 5.73. The highest BCUT2D eigenvalue weighted by atomic mass is 32.2. The van der Waals surface area contributed by atoms with Gasteiger partial charge in [0.1, 0.15) is 11.6 Å². The van der Waals surface area contributed by atoms with Gasteiger partial charge in [-0.05, 0) is 30.6 Å². The zero-order valence-electron chi connectivity index (χ0n) is 9.27. The normalized spacial score (nSPS) is 17.3. The number of hydrogen-bond acceptors (Lipinski definition) is 6. The first kappa shape index (κ1) is 11.9. The molecule has 0 atom stereocenters. The van der Waals surface area contributed by atoms with Crippen LogP contribution in [0, 0.1) is 0 Å². The van der Waals surface area contributed by atoms with Crippen LogP contribution in [0.2, 0.25) is 0 Å². The second-order valence-electron chi connectivity index (χ2n) is 3.70. The van der Waals surface area contributed by atoms with Crippen molar-refractivity contribution in [2.45, 2.75) is 24.0 Å². The van der Waals surface area contributed by atoms with Crippen LogP contribution in [-0.2, 0) is 0 Å². The Morgan fingerprint density at radius 2 is 2.19 bits per heavy atom. The summed E-state index contributed by atoms with van der Waals surface area (Å²) in [5, 5.41) is 4.17. The van der Waals surface area contributed by atoms with E-state index in [0.717, 1.165) is 11.0 Å². The summed E-state index contributed by atoms with van der Waals surface area (Å²) in [5.74, 6) is 3.85. The highest BCUT2D eigenvalue weighted by Gasteiger charge is 2.14. The Morgan fingerprint density at radius 1 is 1.44 bits per heavy atom. The van der Waals surface area contributed by atoms with E-state index in [0.29, 0.717) is 11.9 Å². The van der Waals surface area contributed by atoms with Gasteiger partial charge in [0, 0.05) is 12.1 Å². The predicted octanol–water partition coefficient (Wildman–Crippen LogP) is 2.09. The third kappa shape index (κ3) is 3.18.